The average molecular weight is 277 g/mol. The molecule has 3 N–H and O–H groups in total. The van der Waals surface area contributed by atoms with Gasteiger partial charge < -0.3 is 16.0 Å². The van der Waals surface area contributed by atoms with Crippen LogP contribution in [0.2, 0.25) is 0 Å². The monoisotopic (exact) mass is 277 g/mol. The predicted molar refractivity (Wildman–Crippen MR) is 83.5 cm³/mol. The highest BCUT2D eigenvalue weighted by atomic mass is 16.2. The van der Waals surface area contributed by atoms with Gasteiger partial charge in [0.1, 0.15) is 6.04 Å². The first-order valence-corrected chi connectivity index (χ1v) is 6.96. The van der Waals surface area contributed by atoms with Gasteiger partial charge in [-0.3, -0.25) is 4.79 Å². The third kappa shape index (κ3) is 5.31. The van der Waals surface area contributed by atoms with Crippen molar-refractivity contribution in [3.8, 4) is 0 Å². The second-order valence-electron chi connectivity index (χ2n) is 6.51. The van der Waals surface area contributed by atoms with Gasteiger partial charge in [-0.25, -0.2) is 0 Å². The third-order valence-electron chi connectivity index (χ3n) is 3.20. The first-order chi connectivity index (χ1) is 9.21. The highest BCUT2D eigenvalue weighted by Crippen LogP contribution is 2.16. The normalized spacial score (nSPS) is 13.3. The Hall–Kier alpha value is -1.39. The van der Waals surface area contributed by atoms with Gasteiger partial charge in [0.2, 0.25) is 5.91 Å². The first kappa shape index (κ1) is 16.7. The van der Waals surface area contributed by atoms with Gasteiger partial charge in [0.15, 0.2) is 0 Å². The van der Waals surface area contributed by atoms with E-state index < -0.39 is 6.04 Å². The molecular weight excluding hydrogens is 250 g/mol. The SMILES string of the molecule is Cc1ccc(C(N)C(=O)NCC(C)(C)CN(C)C)cc1. The van der Waals surface area contributed by atoms with Crippen molar-refractivity contribution in [2.24, 2.45) is 11.1 Å². The molecule has 20 heavy (non-hydrogen) atoms. The van der Waals surface area contributed by atoms with Crippen LogP contribution in [0.1, 0.15) is 31.0 Å². The molecule has 0 aromatic heterocycles. The lowest BCUT2D eigenvalue weighted by Crippen LogP contribution is -2.43. The zero-order valence-corrected chi connectivity index (χ0v) is 13.2. The number of hydrogen-bond donors (Lipinski definition) is 2. The number of hydrogen-bond acceptors (Lipinski definition) is 3. The maximum absolute atomic E-state index is 12.1. The number of benzene rings is 1. The summed E-state index contributed by atoms with van der Waals surface area (Å²) in [5.74, 6) is -0.124. The highest BCUT2D eigenvalue weighted by Gasteiger charge is 2.22. The van der Waals surface area contributed by atoms with E-state index in [1.165, 1.54) is 0 Å². The Bertz CT molecular complexity index is 438. The van der Waals surface area contributed by atoms with E-state index in [-0.39, 0.29) is 11.3 Å². The lowest BCUT2D eigenvalue weighted by molar-refractivity contribution is -0.123. The minimum absolute atomic E-state index is 0.0200. The van der Waals surface area contributed by atoms with Crippen molar-refractivity contribution in [1.82, 2.24) is 10.2 Å². The number of carbonyl (C=O) groups is 1. The summed E-state index contributed by atoms with van der Waals surface area (Å²) < 4.78 is 0. The molecule has 1 aromatic carbocycles. The van der Waals surface area contributed by atoms with Crippen LogP contribution < -0.4 is 11.1 Å². The van der Waals surface area contributed by atoms with E-state index in [0.29, 0.717) is 6.54 Å². The van der Waals surface area contributed by atoms with Crippen molar-refractivity contribution in [1.29, 1.82) is 0 Å². The van der Waals surface area contributed by atoms with Crippen molar-refractivity contribution in [3.63, 3.8) is 0 Å². The number of nitrogens with zero attached hydrogens (tertiary/aromatic N) is 1. The molecule has 0 aliphatic rings. The maximum Gasteiger partial charge on any atom is 0.241 e. The number of amides is 1. The Morgan fingerprint density at radius 2 is 1.85 bits per heavy atom. The van der Waals surface area contributed by atoms with Gasteiger partial charge in [0.05, 0.1) is 0 Å². The van der Waals surface area contributed by atoms with Crippen LogP contribution >= 0.6 is 0 Å². The van der Waals surface area contributed by atoms with Gasteiger partial charge in [-0.2, -0.15) is 0 Å². The minimum atomic E-state index is -0.606. The van der Waals surface area contributed by atoms with Gasteiger partial charge in [-0.1, -0.05) is 43.7 Å². The molecule has 0 aliphatic heterocycles. The first-order valence-electron chi connectivity index (χ1n) is 6.96. The van der Waals surface area contributed by atoms with Crippen molar-refractivity contribution in [2.75, 3.05) is 27.2 Å². The molecule has 1 amide bonds. The van der Waals surface area contributed by atoms with Crippen LogP contribution in [0.4, 0.5) is 0 Å². The lowest BCUT2D eigenvalue weighted by Gasteiger charge is -2.29. The largest absolute Gasteiger partial charge is 0.354 e. The summed E-state index contributed by atoms with van der Waals surface area (Å²) in [4.78, 5) is 14.2. The summed E-state index contributed by atoms with van der Waals surface area (Å²) >= 11 is 0. The van der Waals surface area contributed by atoms with Gasteiger partial charge in [-0.15, -0.1) is 0 Å². The van der Waals surface area contributed by atoms with Gasteiger partial charge in [0.25, 0.3) is 0 Å². The van der Waals surface area contributed by atoms with E-state index in [9.17, 15) is 4.79 Å². The molecule has 0 fully saturated rings. The maximum atomic E-state index is 12.1. The Labute approximate surface area is 122 Å². The predicted octanol–water partition coefficient (Wildman–Crippen LogP) is 1.70. The van der Waals surface area contributed by atoms with E-state index in [1.54, 1.807) is 0 Å². The molecule has 0 radical (unpaired) electrons. The molecule has 0 heterocycles. The standard InChI is InChI=1S/C16H27N3O/c1-12-6-8-13(9-7-12)14(17)15(20)18-10-16(2,3)11-19(4)5/h6-9,14H,10-11,17H2,1-5H3,(H,18,20). The average Bonchev–Trinajstić information content (AvgIpc) is 2.34. The van der Waals surface area contributed by atoms with E-state index in [1.807, 2.05) is 45.3 Å². The van der Waals surface area contributed by atoms with E-state index in [0.717, 1.165) is 17.7 Å². The Balaban J connectivity index is 2.56. The summed E-state index contributed by atoms with van der Waals surface area (Å²) in [6.07, 6.45) is 0. The van der Waals surface area contributed by atoms with E-state index >= 15 is 0 Å². The number of rotatable bonds is 6. The Morgan fingerprint density at radius 3 is 2.35 bits per heavy atom. The molecular formula is C16H27N3O. The molecule has 0 saturated carbocycles. The summed E-state index contributed by atoms with van der Waals surface area (Å²) in [6.45, 7) is 7.80. The third-order valence-corrected chi connectivity index (χ3v) is 3.20. The van der Waals surface area contributed by atoms with Crippen LogP contribution in [0.15, 0.2) is 24.3 Å². The minimum Gasteiger partial charge on any atom is -0.354 e. The van der Waals surface area contributed by atoms with Crippen molar-refractivity contribution in [2.45, 2.75) is 26.8 Å². The molecule has 4 nitrogen and oxygen atoms in total. The fraction of sp³-hybridized carbons (Fsp3) is 0.562. The van der Waals surface area contributed by atoms with E-state index in [4.69, 9.17) is 5.73 Å². The number of nitrogens with one attached hydrogen (secondary N) is 1. The summed E-state index contributed by atoms with van der Waals surface area (Å²) in [6, 6.07) is 7.15. The van der Waals surface area contributed by atoms with Crippen molar-refractivity contribution >= 4 is 5.91 Å². The molecule has 1 aromatic rings. The molecule has 1 atom stereocenters. The van der Waals surface area contributed by atoms with Crippen LogP contribution in [0.3, 0.4) is 0 Å². The molecule has 0 aliphatic carbocycles. The molecule has 0 spiro atoms. The second-order valence-corrected chi connectivity index (χ2v) is 6.51. The van der Waals surface area contributed by atoms with Crippen LogP contribution in [0, 0.1) is 12.3 Å². The van der Waals surface area contributed by atoms with Crippen LogP contribution in [-0.2, 0) is 4.79 Å². The van der Waals surface area contributed by atoms with Crippen LogP contribution in [-0.4, -0.2) is 38.0 Å². The molecule has 1 rings (SSSR count). The van der Waals surface area contributed by atoms with Crippen LogP contribution in [0.25, 0.3) is 0 Å². The quantitative estimate of drug-likeness (QED) is 0.832. The lowest BCUT2D eigenvalue weighted by atomic mass is 9.92. The molecule has 1 unspecified atom stereocenters. The van der Waals surface area contributed by atoms with Gasteiger partial charge >= 0.3 is 0 Å². The molecule has 4 heteroatoms. The Kier molecular flexibility index (Phi) is 5.72. The summed E-state index contributed by atoms with van der Waals surface area (Å²) in [5, 5.41) is 2.95. The molecule has 112 valence electrons. The number of carbonyl (C=O) groups excluding carboxylic acids is 1. The fourth-order valence-corrected chi connectivity index (χ4v) is 2.27. The zero-order chi connectivity index (χ0) is 15.3. The second kappa shape index (κ2) is 6.86. The number of nitrogens with two attached hydrogens (primary N) is 1. The van der Waals surface area contributed by atoms with E-state index in [2.05, 4.69) is 24.1 Å². The van der Waals surface area contributed by atoms with Gasteiger partial charge in [0, 0.05) is 13.1 Å². The summed E-state index contributed by atoms with van der Waals surface area (Å²) in [7, 11) is 4.06. The zero-order valence-electron chi connectivity index (χ0n) is 13.2. The topological polar surface area (TPSA) is 58.4 Å². The van der Waals surface area contributed by atoms with Gasteiger partial charge in [-0.05, 0) is 32.0 Å². The Morgan fingerprint density at radius 1 is 1.30 bits per heavy atom. The van der Waals surface area contributed by atoms with Crippen molar-refractivity contribution in [3.05, 3.63) is 35.4 Å². The molecule has 0 bridgehead atoms. The fourth-order valence-electron chi connectivity index (χ4n) is 2.27. The highest BCUT2D eigenvalue weighted by molar-refractivity contribution is 5.82. The molecule has 0 saturated heterocycles. The summed E-state index contributed by atoms with van der Waals surface area (Å²) in [5.41, 5.74) is 8.02. The number of aryl methyl sites for hydroxylation is 1. The van der Waals surface area contributed by atoms with Crippen molar-refractivity contribution < 1.29 is 4.79 Å². The van der Waals surface area contributed by atoms with Crippen LogP contribution in [0.5, 0.6) is 0 Å². The smallest absolute Gasteiger partial charge is 0.241 e.